The highest BCUT2D eigenvalue weighted by Gasteiger charge is 2.18. The molecule has 0 spiro atoms. The lowest BCUT2D eigenvalue weighted by molar-refractivity contribution is 0.0527. The average molecular weight is 378 g/mol. The van der Waals surface area contributed by atoms with Gasteiger partial charge in [-0.3, -0.25) is 4.98 Å². The summed E-state index contributed by atoms with van der Waals surface area (Å²) < 4.78 is 10.9. The fraction of sp³-hybridized carbons (Fsp3) is 0.304. The zero-order valence-corrected chi connectivity index (χ0v) is 16.8. The van der Waals surface area contributed by atoms with E-state index in [4.69, 9.17) is 9.47 Å². The Kier molecular flexibility index (Phi) is 6.14. The van der Waals surface area contributed by atoms with E-state index in [1.165, 1.54) is 0 Å². The number of carbonyl (C=O) groups is 1. The van der Waals surface area contributed by atoms with Crippen molar-refractivity contribution in [2.75, 3.05) is 11.9 Å². The second-order valence-corrected chi connectivity index (χ2v) is 6.75. The molecule has 5 nitrogen and oxygen atoms in total. The van der Waals surface area contributed by atoms with Gasteiger partial charge in [-0.15, -0.1) is 0 Å². The number of hydrogen-bond acceptors (Lipinski definition) is 5. The number of para-hydroxylation sites is 1. The third-order valence-electron chi connectivity index (χ3n) is 4.35. The molecule has 0 saturated heterocycles. The smallest absolute Gasteiger partial charge is 0.341 e. The molecule has 0 aliphatic heterocycles. The van der Waals surface area contributed by atoms with Crippen LogP contribution in [0.4, 0.5) is 11.4 Å². The van der Waals surface area contributed by atoms with Crippen LogP contribution in [0.1, 0.15) is 43.6 Å². The first-order valence-corrected chi connectivity index (χ1v) is 9.65. The van der Waals surface area contributed by atoms with Crippen LogP contribution in [0.15, 0.2) is 48.7 Å². The zero-order chi connectivity index (χ0) is 20.1. The average Bonchev–Trinajstić information content (AvgIpc) is 2.69. The summed E-state index contributed by atoms with van der Waals surface area (Å²) in [6, 6.07) is 13.7. The van der Waals surface area contributed by atoms with E-state index in [1.54, 1.807) is 13.1 Å². The second kappa shape index (κ2) is 8.74. The molecule has 0 aliphatic carbocycles. The monoisotopic (exact) mass is 378 g/mol. The van der Waals surface area contributed by atoms with E-state index in [2.05, 4.69) is 23.3 Å². The van der Waals surface area contributed by atoms with Gasteiger partial charge in [0, 0.05) is 17.3 Å². The number of aryl methyl sites for hydroxylation is 1. The number of ether oxygens (including phenoxy) is 2. The molecule has 0 unspecified atom stereocenters. The SMILES string of the molecule is CCOC(=O)c1cnc2c(CC)cccc2c1Nc1ccc(OC(C)C)cc1. The van der Waals surface area contributed by atoms with Gasteiger partial charge in [0.25, 0.3) is 0 Å². The molecule has 28 heavy (non-hydrogen) atoms. The quantitative estimate of drug-likeness (QED) is 0.550. The van der Waals surface area contributed by atoms with Crippen molar-refractivity contribution >= 4 is 28.2 Å². The molecule has 0 radical (unpaired) electrons. The van der Waals surface area contributed by atoms with Gasteiger partial charge in [-0.1, -0.05) is 25.1 Å². The summed E-state index contributed by atoms with van der Waals surface area (Å²) >= 11 is 0. The van der Waals surface area contributed by atoms with E-state index in [-0.39, 0.29) is 12.1 Å². The molecule has 3 aromatic rings. The molecule has 146 valence electrons. The van der Waals surface area contributed by atoms with Gasteiger partial charge in [-0.05, 0) is 57.0 Å². The van der Waals surface area contributed by atoms with E-state index >= 15 is 0 Å². The van der Waals surface area contributed by atoms with Crippen LogP contribution in [-0.4, -0.2) is 23.7 Å². The van der Waals surface area contributed by atoms with E-state index in [1.807, 2.05) is 50.2 Å². The maximum Gasteiger partial charge on any atom is 0.341 e. The Labute approximate surface area is 165 Å². The molecule has 0 saturated carbocycles. The van der Waals surface area contributed by atoms with Crippen LogP contribution < -0.4 is 10.1 Å². The van der Waals surface area contributed by atoms with Crippen LogP contribution in [0.25, 0.3) is 10.9 Å². The van der Waals surface area contributed by atoms with E-state index in [0.29, 0.717) is 17.9 Å². The van der Waals surface area contributed by atoms with Gasteiger partial charge in [-0.2, -0.15) is 0 Å². The number of rotatable bonds is 7. The van der Waals surface area contributed by atoms with Gasteiger partial charge in [0.2, 0.25) is 0 Å². The molecule has 2 aromatic carbocycles. The predicted octanol–water partition coefficient (Wildman–Crippen LogP) is 5.50. The first-order chi connectivity index (χ1) is 13.5. The first-order valence-electron chi connectivity index (χ1n) is 9.65. The van der Waals surface area contributed by atoms with E-state index < -0.39 is 0 Å². The number of carbonyl (C=O) groups excluding carboxylic acids is 1. The third kappa shape index (κ3) is 4.25. The van der Waals surface area contributed by atoms with Gasteiger partial charge in [0.15, 0.2) is 0 Å². The standard InChI is InChI=1S/C23H26N2O3/c1-5-16-8-7-9-19-21(16)24-14-20(23(26)27-6-2)22(19)25-17-10-12-18(13-11-17)28-15(3)4/h7-15H,5-6H2,1-4H3,(H,24,25). The lowest BCUT2D eigenvalue weighted by Gasteiger charge is -2.16. The summed E-state index contributed by atoms with van der Waals surface area (Å²) in [7, 11) is 0. The van der Waals surface area contributed by atoms with Gasteiger partial charge < -0.3 is 14.8 Å². The van der Waals surface area contributed by atoms with Gasteiger partial charge in [0.1, 0.15) is 11.3 Å². The van der Waals surface area contributed by atoms with Gasteiger partial charge in [-0.25, -0.2) is 4.79 Å². The largest absolute Gasteiger partial charge is 0.491 e. The topological polar surface area (TPSA) is 60.5 Å². The summed E-state index contributed by atoms with van der Waals surface area (Å²) in [5, 5.41) is 4.29. The number of aromatic nitrogens is 1. The molecule has 1 heterocycles. The van der Waals surface area contributed by atoms with Crippen molar-refractivity contribution in [2.24, 2.45) is 0 Å². The maximum atomic E-state index is 12.5. The Balaban J connectivity index is 2.06. The normalized spacial score (nSPS) is 10.9. The number of anilines is 2. The van der Waals surface area contributed by atoms with Crippen LogP contribution in [-0.2, 0) is 11.2 Å². The molecule has 1 N–H and O–H groups in total. The Hall–Kier alpha value is -3.08. The van der Waals surface area contributed by atoms with Crippen molar-refractivity contribution in [1.82, 2.24) is 4.98 Å². The van der Waals surface area contributed by atoms with Crippen molar-refractivity contribution in [3.63, 3.8) is 0 Å². The van der Waals surface area contributed by atoms with Crippen molar-refractivity contribution in [3.05, 3.63) is 59.8 Å². The molecule has 1 aromatic heterocycles. The highest BCUT2D eigenvalue weighted by molar-refractivity contribution is 6.06. The molecule has 5 heteroatoms. The van der Waals surface area contributed by atoms with Crippen molar-refractivity contribution in [2.45, 2.75) is 40.2 Å². The van der Waals surface area contributed by atoms with Crippen LogP contribution in [0.5, 0.6) is 5.75 Å². The Bertz CT molecular complexity index is 965. The minimum absolute atomic E-state index is 0.117. The summed E-state index contributed by atoms with van der Waals surface area (Å²) in [4.78, 5) is 17.1. The highest BCUT2D eigenvalue weighted by atomic mass is 16.5. The van der Waals surface area contributed by atoms with E-state index in [0.717, 1.165) is 34.3 Å². The molecular weight excluding hydrogens is 352 g/mol. The molecular formula is C23H26N2O3. The minimum Gasteiger partial charge on any atom is -0.491 e. The van der Waals surface area contributed by atoms with E-state index in [9.17, 15) is 4.79 Å². The molecule has 0 bridgehead atoms. The Morgan fingerprint density at radius 2 is 1.86 bits per heavy atom. The molecule has 0 fully saturated rings. The highest BCUT2D eigenvalue weighted by Crippen LogP contribution is 2.32. The zero-order valence-electron chi connectivity index (χ0n) is 16.8. The third-order valence-corrected chi connectivity index (χ3v) is 4.35. The molecule has 0 amide bonds. The van der Waals surface area contributed by atoms with Crippen molar-refractivity contribution < 1.29 is 14.3 Å². The van der Waals surface area contributed by atoms with Crippen LogP contribution in [0.2, 0.25) is 0 Å². The maximum absolute atomic E-state index is 12.5. The molecule has 0 atom stereocenters. The second-order valence-electron chi connectivity index (χ2n) is 6.75. The number of fused-ring (bicyclic) bond motifs is 1. The number of nitrogens with one attached hydrogen (secondary N) is 1. The van der Waals surface area contributed by atoms with Gasteiger partial charge >= 0.3 is 5.97 Å². The Morgan fingerprint density at radius 3 is 2.50 bits per heavy atom. The van der Waals surface area contributed by atoms with Crippen molar-refractivity contribution in [1.29, 1.82) is 0 Å². The van der Waals surface area contributed by atoms with Gasteiger partial charge in [0.05, 0.1) is 23.9 Å². The van der Waals surface area contributed by atoms with Crippen LogP contribution >= 0.6 is 0 Å². The van der Waals surface area contributed by atoms with Crippen molar-refractivity contribution in [3.8, 4) is 5.75 Å². The summed E-state index contributed by atoms with van der Waals surface area (Å²) in [6.07, 6.45) is 2.58. The van der Waals surface area contributed by atoms with Crippen LogP contribution in [0, 0.1) is 0 Å². The van der Waals surface area contributed by atoms with Crippen LogP contribution in [0.3, 0.4) is 0 Å². The summed E-state index contributed by atoms with van der Waals surface area (Å²) in [5.41, 5.74) is 4.01. The fourth-order valence-electron chi connectivity index (χ4n) is 3.10. The molecule has 0 aliphatic rings. The fourth-order valence-corrected chi connectivity index (χ4v) is 3.10. The first kappa shape index (κ1) is 19.7. The lowest BCUT2D eigenvalue weighted by Crippen LogP contribution is -2.10. The molecule has 3 rings (SSSR count). The number of hydrogen-bond donors (Lipinski definition) is 1. The summed E-state index contributed by atoms with van der Waals surface area (Å²) in [5.74, 6) is 0.417. The number of esters is 1. The minimum atomic E-state index is -0.388. The lowest BCUT2D eigenvalue weighted by atomic mass is 10.0. The predicted molar refractivity (Wildman–Crippen MR) is 113 cm³/mol. The number of pyridine rings is 1. The summed E-state index contributed by atoms with van der Waals surface area (Å²) in [6.45, 7) is 8.18. The number of nitrogens with zero attached hydrogens (tertiary/aromatic N) is 1. The Morgan fingerprint density at radius 1 is 1.11 bits per heavy atom. The number of benzene rings is 2.